The van der Waals surface area contributed by atoms with Crippen molar-refractivity contribution in [1.29, 1.82) is 0 Å². The molecule has 4 aromatic rings. The molecule has 1 N–H and O–H groups in total. The van der Waals surface area contributed by atoms with Crippen molar-refractivity contribution in [2.45, 2.75) is 18.4 Å². The van der Waals surface area contributed by atoms with Crippen LogP contribution >= 0.6 is 11.6 Å². The minimum absolute atomic E-state index is 0.200. The molecule has 0 aliphatic heterocycles. The van der Waals surface area contributed by atoms with E-state index in [1.807, 2.05) is 31.2 Å². The molecule has 0 aliphatic carbocycles. The molecule has 0 fully saturated rings. The molecule has 2 aromatic carbocycles. The lowest BCUT2D eigenvalue weighted by Gasteiger charge is -2.23. The highest BCUT2D eigenvalue weighted by Gasteiger charge is 2.24. The number of hydrogen-bond acceptors (Lipinski definition) is 6. The molecule has 2 heterocycles. The first kappa shape index (κ1) is 23.9. The van der Waals surface area contributed by atoms with Crippen LogP contribution in [0.25, 0.3) is 10.9 Å². The number of nitrogens with one attached hydrogen (secondary N) is 1. The van der Waals surface area contributed by atoms with E-state index in [0.29, 0.717) is 17.3 Å². The van der Waals surface area contributed by atoms with Crippen molar-refractivity contribution in [3.63, 3.8) is 0 Å². The topological polar surface area (TPSA) is 84.4 Å². The smallest absolute Gasteiger partial charge is 0.243 e. The van der Waals surface area contributed by atoms with Crippen molar-refractivity contribution in [3.05, 3.63) is 89.3 Å². The largest absolute Gasteiger partial charge is 0.497 e. The molecule has 0 bridgehead atoms. The summed E-state index contributed by atoms with van der Waals surface area (Å²) in [5.74, 6) is 0.595. The number of benzene rings is 2. The lowest BCUT2D eigenvalue weighted by molar-refractivity contribution is 0.412. The van der Waals surface area contributed by atoms with E-state index in [-0.39, 0.29) is 18.0 Å². The Morgan fingerprint density at radius 1 is 1.09 bits per heavy atom. The molecule has 4 rings (SSSR count). The standard InChI is InChI=1S/C25H25ClN4O3S/c1-18-14-25(23-15-20(26)5-10-24(23)29-18)28-12-13-30(17-19-4-3-11-27-16-19)34(31,32)22-8-6-21(33-2)7-9-22/h3-11,14-16H,12-13,17H2,1-2H3,(H,28,29). The average molecular weight is 497 g/mol. The molecule has 34 heavy (non-hydrogen) atoms. The van der Waals surface area contributed by atoms with Gasteiger partial charge in [-0.05, 0) is 67.1 Å². The third kappa shape index (κ3) is 5.47. The number of nitrogens with zero attached hydrogens (tertiary/aromatic N) is 3. The van der Waals surface area contributed by atoms with Gasteiger partial charge in [0.1, 0.15) is 5.75 Å². The second kappa shape index (κ2) is 10.4. The summed E-state index contributed by atoms with van der Waals surface area (Å²) in [6, 6.07) is 17.5. The number of ether oxygens (including phenoxy) is 1. The van der Waals surface area contributed by atoms with Crippen LogP contribution in [0.1, 0.15) is 11.3 Å². The third-order valence-corrected chi connectivity index (χ3v) is 7.45. The molecule has 176 valence electrons. The number of aromatic nitrogens is 2. The van der Waals surface area contributed by atoms with Gasteiger partial charge in [-0.25, -0.2) is 8.42 Å². The van der Waals surface area contributed by atoms with Gasteiger partial charge in [-0.1, -0.05) is 17.7 Å². The van der Waals surface area contributed by atoms with Gasteiger partial charge in [0.05, 0.1) is 17.5 Å². The first-order valence-corrected chi connectivity index (χ1v) is 12.5. The van der Waals surface area contributed by atoms with Gasteiger partial charge in [0.2, 0.25) is 10.0 Å². The number of anilines is 1. The summed E-state index contributed by atoms with van der Waals surface area (Å²) < 4.78 is 33.6. The number of aryl methyl sites for hydroxylation is 1. The molecule has 2 aromatic heterocycles. The van der Waals surface area contributed by atoms with Crippen LogP contribution in [0.3, 0.4) is 0 Å². The Hall–Kier alpha value is -3.20. The molecule has 7 nitrogen and oxygen atoms in total. The molecule has 0 unspecified atom stereocenters. The van der Waals surface area contributed by atoms with Crippen molar-refractivity contribution >= 4 is 38.2 Å². The van der Waals surface area contributed by atoms with Gasteiger partial charge in [-0.2, -0.15) is 4.31 Å². The monoisotopic (exact) mass is 496 g/mol. The molecular formula is C25H25ClN4O3S. The zero-order valence-electron chi connectivity index (χ0n) is 18.9. The summed E-state index contributed by atoms with van der Waals surface area (Å²) in [5.41, 5.74) is 3.34. The Bertz CT molecular complexity index is 1380. The Kier molecular flexibility index (Phi) is 7.31. The van der Waals surface area contributed by atoms with E-state index < -0.39 is 10.0 Å². The summed E-state index contributed by atoms with van der Waals surface area (Å²) in [5, 5.41) is 4.87. The van der Waals surface area contributed by atoms with E-state index in [2.05, 4.69) is 15.3 Å². The summed E-state index contributed by atoms with van der Waals surface area (Å²) in [4.78, 5) is 8.87. The molecule has 9 heteroatoms. The second-order valence-electron chi connectivity index (χ2n) is 7.77. The van der Waals surface area contributed by atoms with Gasteiger partial charge in [-0.3, -0.25) is 9.97 Å². The minimum Gasteiger partial charge on any atom is -0.497 e. The van der Waals surface area contributed by atoms with Crippen molar-refractivity contribution in [3.8, 4) is 5.75 Å². The predicted molar refractivity (Wildman–Crippen MR) is 135 cm³/mol. The van der Waals surface area contributed by atoms with Crippen LogP contribution in [0, 0.1) is 6.92 Å². The quantitative estimate of drug-likeness (QED) is 0.354. The van der Waals surface area contributed by atoms with E-state index in [1.54, 1.807) is 55.9 Å². The summed E-state index contributed by atoms with van der Waals surface area (Å²) in [7, 11) is -2.22. The lowest BCUT2D eigenvalue weighted by atomic mass is 10.1. The van der Waals surface area contributed by atoms with E-state index in [9.17, 15) is 8.42 Å². The van der Waals surface area contributed by atoms with Gasteiger partial charge in [0.25, 0.3) is 0 Å². The summed E-state index contributed by atoms with van der Waals surface area (Å²) in [6.07, 6.45) is 3.33. The Morgan fingerprint density at radius 3 is 2.59 bits per heavy atom. The van der Waals surface area contributed by atoms with E-state index in [0.717, 1.165) is 27.8 Å². The SMILES string of the molecule is COc1ccc(S(=O)(=O)N(CCNc2cc(C)nc3ccc(Cl)cc23)Cc2cccnc2)cc1. The first-order valence-electron chi connectivity index (χ1n) is 10.7. The van der Waals surface area contributed by atoms with Crippen molar-refractivity contribution in [1.82, 2.24) is 14.3 Å². The number of pyridine rings is 2. The Balaban J connectivity index is 1.59. The fourth-order valence-electron chi connectivity index (χ4n) is 3.67. The van der Waals surface area contributed by atoms with Crippen molar-refractivity contribution in [2.24, 2.45) is 0 Å². The highest BCUT2D eigenvalue weighted by Crippen LogP contribution is 2.27. The van der Waals surface area contributed by atoms with E-state index >= 15 is 0 Å². The fraction of sp³-hybridized carbons (Fsp3) is 0.200. The highest BCUT2D eigenvalue weighted by atomic mass is 35.5. The molecule has 0 saturated heterocycles. The first-order chi connectivity index (χ1) is 16.4. The lowest BCUT2D eigenvalue weighted by Crippen LogP contribution is -2.34. The van der Waals surface area contributed by atoms with Gasteiger partial charge in [0, 0.05) is 53.8 Å². The Morgan fingerprint density at radius 2 is 1.88 bits per heavy atom. The maximum atomic E-state index is 13.5. The Labute approximate surface area is 204 Å². The van der Waals surface area contributed by atoms with Crippen molar-refractivity contribution < 1.29 is 13.2 Å². The zero-order chi connectivity index (χ0) is 24.1. The normalized spacial score (nSPS) is 11.6. The minimum atomic E-state index is -3.76. The maximum Gasteiger partial charge on any atom is 0.243 e. The number of fused-ring (bicyclic) bond motifs is 1. The zero-order valence-corrected chi connectivity index (χ0v) is 20.5. The van der Waals surface area contributed by atoms with Gasteiger partial charge in [-0.15, -0.1) is 0 Å². The predicted octanol–water partition coefficient (Wildman–Crippen LogP) is 4.90. The van der Waals surface area contributed by atoms with E-state index in [1.165, 1.54) is 4.31 Å². The molecule has 0 atom stereocenters. The van der Waals surface area contributed by atoms with Crippen LogP contribution in [0.4, 0.5) is 5.69 Å². The number of halogens is 1. The van der Waals surface area contributed by atoms with E-state index in [4.69, 9.17) is 16.3 Å². The van der Waals surface area contributed by atoms with Crippen LogP contribution in [-0.4, -0.2) is 42.9 Å². The highest BCUT2D eigenvalue weighted by molar-refractivity contribution is 7.89. The van der Waals surface area contributed by atoms with Crippen LogP contribution in [-0.2, 0) is 16.6 Å². The molecule has 0 saturated carbocycles. The van der Waals surface area contributed by atoms with Gasteiger partial charge < -0.3 is 10.1 Å². The van der Waals surface area contributed by atoms with Crippen LogP contribution in [0.5, 0.6) is 5.75 Å². The van der Waals surface area contributed by atoms with Crippen molar-refractivity contribution in [2.75, 3.05) is 25.5 Å². The number of methoxy groups -OCH3 is 1. The van der Waals surface area contributed by atoms with Crippen LogP contribution < -0.4 is 10.1 Å². The van der Waals surface area contributed by atoms with Gasteiger partial charge >= 0.3 is 0 Å². The van der Waals surface area contributed by atoms with Gasteiger partial charge in [0.15, 0.2) is 0 Å². The second-order valence-corrected chi connectivity index (χ2v) is 10.1. The summed E-state index contributed by atoms with van der Waals surface area (Å²) in [6.45, 7) is 2.75. The van der Waals surface area contributed by atoms with Crippen LogP contribution in [0.15, 0.2) is 78.0 Å². The summed E-state index contributed by atoms with van der Waals surface area (Å²) >= 11 is 6.20. The maximum absolute atomic E-state index is 13.5. The molecule has 0 amide bonds. The van der Waals surface area contributed by atoms with Crippen LogP contribution in [0.2, 0.25) is 5.02 Å². The number of rotatable bonds is 9. The third-order valence-electron chi connectivity index (χ3n) is 5.35. The fourth-order valence-corrected chi connectivity index (χ4v) is 5.27. The number of hydrogen-bond donors (Lipinski definition) is 1. The molecule has 0 spiro atoms. The average Bonchev–Trinajstić information content (AvgIpc) is 2.84. The number of sulfonamides is 1. The molecule has 0 aliphatic rings. The molecule has 0 radical (unpaired) electrons. The molecular weight excluding hydrogens is 472 g/mol.